The summed E-state index contributed by atoms with van der Waals surface area (Å²) in [4.78, 5) is 11.9. The fourth-order valence-electron chi connectivity index (χ4n) is 2.21. The van der Waals surface area contributed by atoms with E-state index in [1.807, 2.05) is 26.0 Å². The maximum atomic E-state index is 11.9. The summed E-state index contributed by atoms with van der Waals surface area (Å²) in [6.07, 6.45) is 1.99. The van der Waals surface area contributed by atoms with Crippen LogP contribution in [0.15, 0.2) is 24.3 Å². The average Bonchev–Trinajstić information content (AvgIpc) is 2.59. The highest BCUT2D eigenvalue weighted by Gasteiger charge is 2.28. The molecule has 0 saturated heterocycles. The lowest BCUT2D eigenvalue weighted by Gasteiger charge is -2.14. The van der Waals surface area contributed by atoms with Crippen LogP contribution in [0.5, 0.6) is 0 Å². The first kappa shape index (κ1) is 10.2. The molecule has 0 bridgehead atoms. The predicted octanol–water partition coefficient (Wildman–Crippen LogP) is 2.24. The third kappa shape index (κ3) is 2.04. The fraction of sp³-hybridized carbons (Fsp3) is 0.462. The molecule has 15 heavy (non-hydrogen) atoms. The van der Waals surface area contributed by atoms with Gasteiger partial charge in [-0.25, -0.2) is 0 Å². The van der Waals surface area contributed by atoms with Crippen molar-refractivity contribution in [2.75, 3.05) is 0 Å². The van der Waals surface area contributed by atoms with Crippen molar-refractivity contribution < 1.29 is 4.79 Å². The number of carbonyl (C=O) groups excluding carboxylic acids is 1. The predicted molar refractivity (Wildman–Crippen MR) is 60.8 cm³/mol. The van der Waals surface area contributed by atoms with Crippen LogP contribution in [0.2, 0.25) is 0 Å². The van der Waals surface area contributed by atoms with Gasteiger partial charge in [0.2, 0.25) is 5.91 Å². The number of hydrogen-bond donors (Lipinski definition) is 1. The standard InChI is InChI=1S/C13H17NO/c1-9(2)14-13(15)12-8-7-10-5-3-4-6-11(10)12/h3-6,9,12H,7-8H2,1-2H3,(H,14,15). The molecule has 0 heterocycles. The highest BCUT2D eigenvalue weighted by molar-refractivity contribution is 5.85. The summed E-state index contributed by atoms with van der Waals surface area (Å²) < 4.78 is 0. The summed E-state index contributed by atoms with van der Waals surface area (Å²) in [5, 5.41) is 2.99. The molecule has 1 aromatic rings. The Morgan fingerprint density at radius 2 is 2.13 bits per heavy atom. The number of carbonyl (C=O) groups is 1. The number of hydrogen-bond acceptors (Lipinski definition) is 1. The van der Waals surface area contributed by atoms with Gasteiger partial charge >= 0.3 is 0 Å². The van der Waals surface area contributed by atoms with Crippen LogP contribution in [-0.2, 0) is 11.2 Å². The van der Waals surface area contributed by atoms with E-state index >= 15 is 0 Å². The van der Waals surface area contributed by atoms with Crippen LogP contribution in [0, 0.1) is 0 Å². The SMILES string of the molecule is CC(C)NC(=O)C1CCc2ccccc21. The number of aryl methyl sites for hydroxylation is 1. The van der Waals surface area contributed by atoms with Crippen LogP contribution in [0.4, 0.5) is 0 Å². The van der Waals surface area contributed by atoms with Crippen LogP contribution in [0.25, 0.3) is 0 Å². The number of fused-ring (bicyclic) bond motifs is 1. The molecule has 0 radical (unpaired) electrons. The highest BCUT2D eigenvalue weighted by atomic mass is 16.1. The van der Waals surface area contributed by atoms with Crippen molar-refractivity contribution in [2.45, 2.75) is 38.6 Å². The Bertz CT molecular complexity index is 371. The average molecular weight is 203 g/mol. The van der Waals surface area contributed by atoms with Crippen molar-refractivity contribution in [1.82, 2.24) is 5.32 Å². The molecule has 1 aromatic carbocycles. The number of benzene rings is 1. The van der Waals surface area contributed by atoms with E-state index in [1.54, 1.807) is 0 Å². The first-order valence-electron chi connectivity index (χ1n) is 5.56. The van der Waals surface area contributed by atoms with Crippen LogP contribution >= 0.6 is 0 Å². The van der Waals surface area contributed by atoms with Crippen LogP contribution in [-0.4, -0.2) is 11.9 Å². The molecule has 0 spiro atoms. The Morgan fingerprint density at radius 3 is 2.87 bits per heavy atom. The van der Waals surface area contributed by atoms with Gasteiger partial charge in [-0.05, 0) is 37.8 Å². The van der Waals surface area contributed by atoms with Crippen LogP contribution < -0.4 is 5.32 Å². The lowest BCUT2D eigenvalue weighted by Crippen LogP contribution is -2.33. The zero-order valence-electron chi connectivity index (χ0n) is 9.29. The van der Waals surface area contributed by atoms with Gasteiger partial charge in [0.05, 0.1) is 5.92 Å². The molecule has 80 valence electrons. The van der Waals surface area contributed by atoms with Gasteiger partial charge in [0.15, 0.2) is 0 Å². The second-order valence-electron chi connectivity index (χ2n) is 4.45. The van der Waals surface area contributed by atoms with Gasteiger partial charge in [0.25, 0.3) is 0 Å². The number of nitrogens with one attached hydrogen (secondary N) is 1. The molecular formula is C13H17NO. The first-order valence-corrected chi connectivity index (χ1v) is 5.56. The Labute approximate surface area is 90.7 Å². The van der Waals surface area contributed by atoms with Gasteiger partial charge in [-0.3, -0.25) is 4.79 Å². The number of amides is 1. The van der Waals surface area contributed by atoms with Crippen molar-refractivity contribution in [1.29, 1.82) is 0 Å². The maximum Gasteiger partial charge on any atom is 0.227 e. The molecule has 1 aliphatic rings. The summed E-state index contributed by atoms with van der Waals surface area (Å²) in [6.45, 7) is 4.00. The van der Waals surface area contributed by atoms with Crippen LogP contribution in [0.1, 0.15) is 37.3 Å². The van der Waals surface area contributed by atoms with Gasteiger partial charge in [0.1, 0.15) is 0 Å². The molecular weight excluding hydrogens is 186 g/mol. The van der Waals surface area contributed by atoms with E-state index in [0.717, 1.165) is 12.8 Å². The minimum Gasteiger partial charge on any atom is -0.353 e. The molecule has 0 fully saturated rings. The third-order valence-electron chi connectivity index (χ3n) is 2.88. The Kier molecular flexibility index (Phi) is 2.76. The normalized spacial score (nSPS) is 19.0. The smallest absolute Gasteiger partial charge is 0.227 e. The Hall–Kier alpha value is -1.31. The van der Waals surface area contributed by atoms with E-state index in [0.29, 0.717) is 0 Å². The topological polar surface area (TPSA) is 29.1 Å². The van der Waals surface area contributed by atoms with Crippen LogP contribution in [0.3, 0.4) is 0 Å². The summed E-state index contributed by atoms with van der Waals surface area (Å²) >= 11 is 0. The van der Waals surface area contributed by atoms with Gasteiger partial charge in [-0.1, -0.05) is 24.3 Å². The summed E-state index contributed by atoms with van der Waals surface area (Å²) in [5.74, 6) is 0.249. The lowest BCUT2D eigenvalue weighted by atomic mass is 10.0. The molecule has 1 unspecified atom stereocenters. The molecule has 1 amide bonds. The minimum atomic E-state index is 0.0728. The monoisotopic (exact) mass is 203 g/mol. The van der Waals surface area contributed by atoms with Crippen molar-refractivity contribution in [3.63, 3.8) is 0 Å². The third-order valence-corrected chi connectivity index (χ3v) is 2.88. The van der Waals surface area contributed by atoms with Crippen molar-refractivity contribution in [2.24, 2.45) is 0 Å². The van der Waals surface area contributed by atoms with Gasteiger partial charge in [-0.2, -0.15) is 0 Å². The van der Waals surface area contributed by atoms with Gasteiger partial charge < -0.3 is 5.32 Å². The molecule has 0 aromatic heterocycles. The molecule has 1 atom stereocenters. The summed E-state index contributed by atoms with van der Waals surface area (Å²) in [5.41, 5.74) is 2.55. The van der Waals surface area contributed by atoms with Gasteiger partial charge in [0, 0.05) is 6.04 Å². The molecule has 0 saturated carbocycles. The molecule has 2 nitrogen and oxygen atoms in total. The second kappa shape index (κ2) is 4.05. The quantitative estimate of drug-likeness (QED) is 0.784. The van der Waals surface area contributed by atoms with Crippen molar-refractivity contribution >= 4 is 5.91 Å². The number of rotatable bonds is 2. The highest BCUT2D eigenvalue weighted by Crippen LogP contribution is 2.32. The van der Waals surface area contributed by atoms with Crippen molar-refractivity contribution in [3.05, 3.63) is 35.4 Å². The van der Waals surface area contributed by atoms with Gasteiger partial charge in [-0.15, -0.1) is 0 Å². The summed E-state index contributed by atoms with van der Waals surface area (Å²) in [6, 6.07) is 8.48. The van der Waals surface area contributed by atoms with E-state index in [-0.39, 0.29) is 17.9 Å². The zero-order valence-corrected chi connectivity index (χ0v) is 9.29. The zero-order chi connectivity index (χ0) is 10.8. The molecule has 1 aliphatic carbocycles. The second-order valence-corrected chi connectivity index (χ2v) is 4.45. The molecule has 1 N–H and O–H groups in total. The summed E-state index contributed by atoms with van der Waals surface area (Å²) in [7, 11) is 0. The fourth-order valence-corrected chi connectivity index (χ4v) is 2.21. The van der Waals surface area contributed by atoms with E-state index in [2.05, 4.69) is 17.4 Å². The van der Waals surface area contributed by atoms with E-state index < -0.39 is 0 Å². The molecule has 2 rings (SSSR count). The largest absolute Gasteiger partial charge is 0.353 e. The van der Waals surface area contributed by atoms with Crippen molar-refractivity contribution in [3.8, 4) is 0 Å². The Morgan fingerprint density at radius 1 is 1.40 bits per heavy atom. The Balaban J connectivity index is 2.17. The van der Waals surface area contributed by atoms with E-state index in [1.165, 1.54) is 11.1 Å². The minimum absolute atomic E-state index is 0.0728. The van der Waals surface area contributed by atoms with E-state index in [4.69, 9.17) is 0 Å². The maximum absolute atomic E-state index is 11.9. The molecule has 2 heteroatoms. The molecule has 0 aliphatic heterocycles. The first-order chi connectivity index (χ1) is 7.18. The lowest BCUT2D eigenvalue weighted by molar-refractivity contribution is -0.123. The van der Waals surface area contributed by atoms with E-state index in [9.17, 15) is 4.79 Å².